The second-order valence-corrected chi connectivity index (χ2v) is 18.0. The lowest BCUT2D eigenvalue weighted by Crippen LogP contribution is -2.40. The molecule has 2 aliphatic carbocycles. The summed E-state index contributed by atoms with van der Waals surface area (Å²) >= 11 is 0. The van der Waals surface area contributed by atoms with Crippen LogP contribution in [-0.4, -0.2) is 11.7 Å². The molecule has 64 heavy (non-hydrogen) atoms. The number of benzene rings is 10. The Labute approximate surface area is 373 Å². The fourth-order valence-electron chi connectivity index (χ4n) is 11.6. The average Bonchev–Trinajstić information content (AvgIpc) is 3.67. The van der Waals surface area contributed by atoms with Gasteiger partial charge in [0.15, 0.2) is 5.84 Å². The van der Waals surface area contributed by atoms with Crippen LogP contribution in [0.25, 0.3) is 54.6 Å². The van der Waals surface area contributed by atoms with Gasteiger partial charge in [-0.3, -0.25) is 0 Å². The van der Waals surface area contributed by atoms with E-state index < -0.39 is 5.41 Å². The molecule has 3 heteroatoms. The SMILES string of the molecule is CC1(C)c2ccccc2C2(c3ccccc3-c3c(-c4ccccc4C4=NC(c5ccc6c7ccccc7c7ccccc7c6c5)NC(c5ccccc5)=N4)cccc32)c2ccccc21. The number of aliphatic imine (C=N–C) groups is 2. The number of nitrogens with one attached hydrogen (secondary N) is 1. The quantitative estimate of drug-likeness (QED) is 0.177. The van der Waals surface area contributed by atoms with Crippen LogP contribution in [0.1, 0.15) is 70.1 Å². The van der Waals surface area contributed by atoms with Crippen molar-refractivity contribution < 1.29 is 0 Å². The molecule has 0 fully saturated rings. The summed E-state index contributed by atoms with van der Waals surface area (Å²) in [7, 11) is 0. The van der Waals surface area contributed by atoms with E-state index in [1.54, 1.807) is 0 Å². The van der Waals surface area contributed by atoms with E-state index in [1.165, 1.54) is 82.4 Å². The molecule has 10 aromatic rings. The summed E-state index contributed by atoms with van der Waals surface area (Å²) in [5.74, 6) is 1.50. The standard InChI is InChI=1S/C61H43N3/c1-60(2)51-30-14-16-32-53(51)61(54-33-17-15-31-52(54)60)50-29-13-12-27-48(50)56-46(28-18-34-55(56)61)44-25-10-11-26-47(44)59-63-57(38-19-4-3-5-20-38)62-58(64-59)39-35-36-45-42-23-7-6-21-40(42)41-22-8-9-24-43(41)49(45)37-39/h3-37,58H,1-2H3,(H,62,63,64). The molecular weight excluding hydrogens is 775 g/mol. The second kappa shape index (κ2) is 13.8. The van der Waals surface area contributed by atoms with Crippen LogP contribution in [-0.2, 0) is 10.8 Å². The smallest absolute Gasteiger partial charge is 0.160 e. The molecule has 0 aromatic heterocycles. The lowest BCUT2D eigenvalue weighted by atomic mass is 9.55. The number of hydrogen-bond acceptors (Lipinski definition) is 3. The molecule has 0 radical (unpaired) electrons. The Morgan fingerprint density at radius 1 is 0.391 bits per heavy atom. The maximum Gasteiger partial charge on any atom is 0.160 e. The van der Waals surface area contributed by atoms with E-state index >= 15 is 0 Å². The number of fused-ring (bicyclic) bond motifs is 15. The molecular formula is C61H43N3. The van der Waals surface area contributed by atoms with Gasteiger partial charge < -0.3 is 5.32 Å². The fraction of sp³-hybridized carbons (Fsp3) is 0.0820. The van der Waals surface area contributed by atoms with Crippen LogP contribution in [0.4, 0.5) is 0 Å². The van der Waals surface area contributed by atoms with Gasteiger partial charge in [-0.15, -0.1) is 0 Å². The normalized spacial score (nSPS) is 16.4. The Balaban J connectivity index is 1.03. The molecule has 1 aliphatic heterocycles. The topological polar surface area (TPSA) is 36.8 Å². The Kier molecular flexibility index (Phi) is 7.93. The van der Waals surface area contributed by atoms with Crippen LogP contribution < -0.4 is 5.32 Å². The molecule has 302 valence electrons. The molecule has 1 spiro atoms. The second-order valence-electron chi connectivity index (χ2n) is 18.0. The van der Waals surface area contributed by atoms with E-state index in [9.17, 15) is 0 Å². The number of hydrogen-bond donors (Lipinski definition) is 1. The largest absolute Gasteiger partial charge is 0.344 e. The van der Waals surface area contributed by atoms with E-state index in [-0.39, 0.29) is 11.6 Å². The van der Waals surface area contributed by atoms with E-state index in [1.807, 2.05) is 0 Å². The van der Waals surface area contributed by atoms with Crippen molar-refractivity contribution in [1.82, 2.24) is 5.32 Å². The van der Waals surface area contributed by atoms with Crippen molar-refractivity contribution >= 4 is 44.0 Å². The molecule has 10 aromatic carbocycles. The summed E-state index contributed by atoms with van der Waals surface area (Å²) in [6, 6.07) is 77.9. The highest BCUT2D eigenvalue weighted by Gasteiger charge is 2.53. The number of amidine groups is 2. The van der Waals surface area contributed by atoms with Crippen molar-refractivity contribution in [2.45, 2.75) is 30.8 Å². The molecule has 0 saturated carbocycles. The monoisotopic (exact) mass is 817 g/mol. The average molecular weight is 818 g/mol. The number of rotatable bonds is 4. The zero-order valence-electron chi connectivity index (χ0n) is 35.7. The van der Waals surface area contributed by atoms with Crippen LogP contribution in [0.3, 0.4) is 0 Å². The van der Waals surface area contributed by atoms with Gasteiger partial charge in [0, 0.05) is 16.5 Å². The van der Waals surface area contributed by atoms with Gasteiger partial charge in [-0.05, 0) is 99.6 Å². The van der Waals surface area contributed by atoms with E-state index in [4.69, 9.17) is 9.98 Å². The van der Waals surface area contributed by atoms with Crippen molar-refractivity contribution in [2.75, 3.05) is 0 Å². The van der Waals surface area contributed by atoms with Gasteiger partial charge in [-0.2, -0.15) is 0 Å². The lowest BCUT2D eigenvalue weighted by molar-refractivity contribution is 0.563. The molecule has 3 aliphatic rings. The molecule has 1 heterocycles. The zero-order chi connectivity index (χ0) is 42.6. The van der Waals surface area contributed by atoms with Crippen molar-refractivity contribution in [3.63, 3.8) is 0 Å². The summed E-state index contributed by atoms with van der Waals surface area (Å²) in [6.45, 7) is 4.76. The lowest BCUT2D eigenvalue weighted by Gasteiger charge is -2.46. The summed E-state index contributed by atoms with van der Waals surface area (Å²) in [6.07, 6.45) is -0.380. The molecule has 0 amide bonds. The van der Waals surface area contributed by atoms with Gasteiger partial charge in [-0.25, -0.2) is 9.98 Å². The minimum absolute atomic E-state index is 0.162. The summed E-state index contributed by atoms with van der Waals surface area (Å²) < 4.78 is 0. The highest BCUT2D eigenvalue weighted by atomic mass is 15.2. The van der Waals surface area contributed by atoms with Crippen molar-refractivity contribution in [1.29, 1.82) is 0 Å². The Morgan fingerprint density at radius 3 is 1.53 bits per heavy atom. The van der Waals surface area contributed by atoms with Crippen LogP contribution >= 0.6 is 0 Å². The van der Waals surface area contributed by atoms with Gasteiger partial charge in [-0.1, -0.05) is 220 Å². The van der Waals surface area contributed by atoms with Gasteiger partial charge in [0.25, 0.3) is 0 Å². The molecule has 0 saturated heterocycles. The van der Waals surface area contributed by atoms with Crippen molar-refractivity contribution in [3.05, 3.63) is 262 Å². The van der Waals surface area contributed by atoms with E-state index in [0.717, 1.165) is 28.1 Å². The highest BCUT2D eigenvalue weighted by molar-refractivity contribution is 6.25. The third kappa shape index (κ3) is 5.10. The van der Waals surface area contributed by atoms with Gasteiger partial charge >= 0.3 is 0 Å². The Morgan fingerprint density at radius 2 is 0.875 bits per heavy atom. The first-order valence-electron chi connectivity index (χ1n) is 22.4. The predicted molar refractivity (Wildman–Crippen MR) is 266 cm³/mol. The fourth-order valence-corrected chi connectivity index (χ4v) is 11.6. The molecule has 1 N–H and O–H groups in total. The Bertz CT molecular complexity index is 3550. The Hall–Kier alpha value is -7.88. The van der Waals surface area contributed by atoms with Gasteiger partial charge in [0.1, 0.15) is 12.0 Å². The van der Waals surface area contributed by atoms with Crippen LogP contribution in [0, 0.1) is 0 Å². The van der Waals surface area contributed by atoms with Gasteiger partial charge in [0.2, 0.25) is 0 Å². The summed E-state index contributed by atoms with van der Waals surface area (Å²) in [5, 5.41) is 11.3. The van der Waals surface area contributed by atoms with E-state index in [0.29, 0.717) is 5.84 Å². The molecule has 1 atom stereocenters. The van der Waals surface area contributed by atoms with Gasteiger partial charge in [0.05, 0.1) is 5.41 Å². The zero-order valence-corrected chi connectivity index (χ0v) is 35.7. The summed E-state index contributed by atoms with van der Waals surface area (Å²) in [4.78, 5) is 10.9. The molecule has 13 rings (SSSR count). The first-order chi connectivity index (χ1) is 31.5. The maximum absolute atomic E-state index is 5.55. The van der Waals surface area contributed by atoms with Crippen LogP contribution in [0.15, 0.2) is 222 Å². The molecule has 3 nitrogen and oxygen atoms in total. The van der Waals surface area contributed by atoms with Crippen LogP contribution in [0.2, 0.25) is 0 Å². The molecule has 0 bridgehead atoms. The first kappa shape index (κ1) is 36.7. The first-order valence-corrected chi connectivity index (χ1v) is 22.4. The maximum atomic E-state index is 5.55. The van der Waals surface area contributed by atoms with Crippen LogP contribution in [0.5, 0.6) is 0 Å². The minimum atomic E-state index is -0.485. The van der Waals surface area contributed by atoms with E-state index in [2.05, 4.69) is 231 Å². The molecule has 1 unspecified atom stereocenters. The predicted octanol–water partition coefficient (Wildman–Crippen LogP) is 14.3. The van der Waals surface area contributed by atoms with Crippen molar-refractivity contribution in [2.24, 2.45) is 9.98 Å². The minimum Gasteiger partial charge on any atom is -0.344 e. The third-order valence-electron chi connectivity index (χ3n) is 14.4. The summed E-state index contributed by atoms with van der Waals surface area (Å²) in [5.41, 5.74) is 15.4. The third-order valence-corrected chi connectivity index (χ3v) is 14.4. The van der Waals surface area contributed by atoms with Crippen molar-refractivity contribution in [3.8, 4) is 22.3 Å². The highest BCUT2D eigenvalue weighted by Crippen LogP contribution is 2.63. The number of nitrogens with zero attached hydrogens (tertiary/aromatic N) is 2.